The molecule has 3 nitrogen and oxygen atoms in total. The highest BCUT2D eigenvalue weighted by atomic mass is 32.2. The van der Waals surface area contributed by atoms with Crippen LogP contribution in [0.5, 0.6) is 0 Å². The molecule has 0 aromatic carbocycles. The molecule has 2 saturated heterocycles. The van der Waals surface area contributed by atoms with Crippen molar-refractivity contribution in [1.29, 1.82) is 0 Å². The molecule has 0 unspecified atom stereocenters. The van der Waals surface area contributed by atoms with Crippen LogP contribution in [0.3, 0.4) is 0 Å². The van der Waals surface area contributed by atoms with Crippen LogP contribution in [0.1, 0.15) is 6.42 Å². The topological polar surface area (TPSA) is 38.6 Å². The minimum absolute atomic E-state index is 0.432. The summed E-state index contributed by atoms with van der Waals surface area (Å²) in [6.07, 6.45) is 0.900. The van der Waals surface area contributed by atoms with E-state index in [1.165, 1.54) is 18.0 Å². The van der Waals surface area contributed by atoms with Crippen molar-refractivity contribution < 1.29 is 13.3 Å². The smallest absolute Gasteiger partial charge is 0.156 e. The lowest BCUT2D eigenvalue weighted by Gasteiger charge is -2.01. The summed E-state index contributed by atoms with van der Waals surface area (Å²) in [5.74, 6) is 0.878. The number of quaternary nitrogens is 1. The Morgan fingerprint density at radius 2 is 2.00 bits per heavy atom. The quantitative estimate of drug-likeness (QED) is 0.456. The van der Waals surface area contributed by atoms with Gasteiger partial charge in [0.25, 0.3) is 0 Å². The lowest BCUT2D eigenvalue weighted by atomic mass is 10.3. The number of sulfone groups is 1. The minimum Gasteiger partial charge on any atom is -0.322 e. The fourth-order valence-corrected chi connectivity index (χ4v) is 3.42. The molecule has 2 aliphatic rings. The van der Waals surface area contributed by atoms with Crippen LogP contribution in [0, 0.1) is 0 Å². The van der Waals surface area contributed by atoms with Crippen LogP contribution in [0.25, 0.3) is 0 Å². The van der Waals surface area contributed by atoms with Gasteiger partial charge in [0.2, 0.25) is 0 Å². The molecular weight excluding hydrogens is 150 g/mol. The van der Waals surface area contributed by atoms with Crippen molar-refractivity contribution in [2.75, 3.05) is 24.6 Å². The summed E-state index contributed by atoms with van der Waals surface area (Å²) in [5, 5.41) is 0. The second-order valence-electron chi connectivity index (χ2n) is 3.26. The minimum atomic E-state index is -2.62. The fraction of sp³-hybridized carbons (Fsp3) is 1.00. The van der Waals surface area contributed by atoms with Crippen molar-refractivity contribution in [3.8, 4) is 0 Å². The molecule has 0 spiro atoms. The third kappa shape index (κ3) is 1.18. The molecule has 2 fully saturated rings. The van der Waals surface area contributed by atoms with Gasteiger partial charge in [0.05, 0.1) is 5.75 Å². The number of nitrogens with one attached hydrogen (secondary N) is 1. The Morgan fingerprint density at radius 1 is 1.30 bits per heavy atom. The van der Waals surface area contributed by atoms with Crippen LogP contribution < -0.4 is 4.90 Å². The summed E-state index contributed by atoms with van der Waals surface area (Å²) in [6, 6.07) is 0.449. The highest BCUT2D eigenvalue weighted by Gasteiger charge is 2.40. The van der Waals surface area contributed by atoms with E-state index in [1.807, 2.05) is 0 Å². The van der Waals surface area contributed by atoms with Crippen LogP contribution in [0.2, 0.25) is 0 Å². The van der Waals surface area contributed by atoms with E-state index >= 15 is 0 Å². The van der Waals surface area contributed by atoms with Crippen molar-refractivity contribution in [2.45, 2.75) is 12.5 Å². The predicted octanol–water partition coefficient (Wildman–Crippen LogP) is -1.93. The van der Waals surface area contributed by atoms with Crippen LogP contribution in [0.4, 0.5) is 0 Å². The van der Waals surface area contributed by atoms with Crippen LogP contribution in [-0.2, 0) is 9.84 Å². The summed E-state index contributed by atoms with van der Waals surface area (Å²) in [4.78, 5) is 1.50. The Labute approximate surface area is 60.9 Å². The largest absolute Gasteiger partial charge is 0.322 e. The Balaban J connectivity index is 2.05. The Hall–Kier alpha value is -0.0900. The molecule has 2 rings (SSSR count). The monoisotopic (exact) mass is 162 g/mol. The van der Waals surface area contributed by atoms with Crippen molar-refractivity contribution in [2.24, 2.45) is 0 Å². The zero-order valence-electron chi connectivity index (χ0n) is 5.84. The van der Waals surface area contributed by atoms with Gasteiger partial charge in [-0.1, -0.05) is 0 Å². The fourth-order valence-electron chi connectivity index (χ4n) is 1.60. The molecule has 0 aliphatic carbocycles. The van der Waals surface area contributed by atoms with Crippen LogP contribution >= 0.6 is 0 Å². The van der Waals surface area contributed by atoms with Crippen LogP contribution in [-0.4, -0.2) is 39.1 Å². The van der Waals surface area contributed by atoms with E-state index in [9.17, 15) is 8.42 Å². The second kappa shape index (κ2) is 1.95. The third-order valence-electron chi connectivity index (χ3n) is 2.35. The molecule has 0 bridgehead atoms. The molecule has 0 amide bonds. The Kier molecular flexibility index (Phi) is 1.29. The molecule has 0 saturated carbocycles. The van der Waals surface area contributed by atoms with E-state index in [4.69, 9.17) is 0 Å². The predicted molar refractivity (Wildman–Crippen MR) is 37.8 cm³/mol. The van der Waals surface area contributed by atoms with Crippen molar-refractivity contribution >= 4 is 9.84 Å². The van der Waals surface area contributed by atoms with Gasteiger partial charge in [-0.05, 0) is 0 Å². The van der Waals surface area contributed by atoms with E-state index in [-0.39, 0.29) is 0 Å². The average molecular weight is 162 g/mol. The van der Waals surface area contributed by atoms with Gasteiger partial charge in [0, 0.05) is 6.42 Å². The van der Waals surface area contributed by atoms with E-state index in [1.54, 1.807) is 0 Å². The van der Waals surface area contributed by atoms with E-state index in [0.717, 1.165) is 6.42 Å². The second-order valence-corrected chi connectivity index (χ2v) is 5.49. The van der Waals surface area contributed by atoms with E-state index < -0.39 is 9.84 Å². The van der Waals surface area contributed by atoms with Gasteiger partial charge in [-0.3, -0.25) is 0 Å². The Morgan fingerprint density at radius 3 is 2.40 bits per heavy atom. The first-order chi connectivity index (χ1) is 4.67. The molecule has 1 N–H and O–H groups in total. The maximum Gasteiger partial charge on any atom is 0.156 e. The maximum absolute atomic E-state index is 11.0. The van der Waals surface area contributed by atoms with Crippen molar-refractivity contribution in [1.82, 2.24) is 0 Å². The van der Waals surface area contributed by atoms with Crippen molar-refractivity contribution in [3.63, 3.8) is 0 Å². The molecule has 1 atom stereocenters. The van der Waals surface area contributed by atoms with Gasteiger partial charge in [-0.25, -0.2) is 8.42 Å². The van der Waals surface area contributed by atoms with Gasteiger partial charge in [0.1, 0.15) is 24.9 Å². The summed E-state index contributed by atoms with van der Waals surface area (Å²) in [5.41, 5.74) is 0. The molecule has 58 valence electrons. The summed E-state index contributed by atoms with van der Waals surface area (Å²) in [6.45, 7) is 2.39. The lowest BCUT2D eigenvalue weighted by Crippen LogP contribution is -2.98. The Bertz CT molecular complexity index is 230. The van der Waals surface area contributed by atoms with Crippen molar-refractivity contribution in [3.05, 3.63) is 0 Å². The first kappa shape index (κ1) is 6.61. The SMILES string of the molecule is O=S1(=O)CC[C@@H]([NH+]2CC2)C1. The molecule has 0 aromatic rings. The summed E-state index contributed by atoms with van der Waals surface area (Å²) >= 11 is 0. The lowest BCUT2D eigenvalue weighted by molar-refractivity contribution is -0.785. The van der Waals surface area contributed by atoms with Gasteiger partial charge in [-0.2, -0.15) is 0 Å². The van der Waals surface area contributed by atoms with Gasteiger partial charge in [0.15, 0.2) is 9.84 Å². The number of hydrogen-bond acceptors (Lipinski definition) is 2. The molecular formula is C6H12NO2S+. The van der Waals surface area contributed by atoms with Gasteiger partial charge < -0.3 is 4.90 Å². The highest BCUT2D eigenvalue weighted by Crippen LogP contribution is 2.09. The van der Waals surface area contributed by atoms with E-state index in [0.29, 0.717) is 17.5 Å². The summed E-state index contributed by atoms with van der Waals surface area (Å²) in [7, 11) is -2.62. The average Bonchev–Trinajstić information content (AvgIpc) is 2.59. The van der Waals surface area contributed by atoms with E-state index in [2.05, 4.69) is 0 Å². The number of rotatable bonds is 1. The summed E-state index contributed by atoms with van der Waals surface area (Å²) < 4.78 is 21.9. The van der Waals surface area contributed by atoms with Crippen LogP contribution in [0.15, 0.2) is 0 Å². The van der Waals surface area contributed by atoms with Gasteiger partial charge >= 0.3 is 0 Å². The molecule has 2 aliphatic heterocycles. The number of hydrogen-bond donors (Lipinski definition) is 1. The molecule has 0 aromatic heterocycles. The zero-order valence-corrected chi connectivity index (χ0v) is 6.65. The standard InChI is InChI=1S/C6H11NO2S/c8-10(9)4-1-6(5-10)7-2-3-7/h6H,1-5H2/p+1/t6-/m1/s1. The maximum atomic E-state index is 11.0. The molecule has 10 heavy (non-hydrogen) atoms. The first-order valence-electron chi connectivity index (χ1n) is 3.72. The molecule has 2 heterocycles. The normalized spacial score (nSPS) is 38.2. The molecule has 0 radical (unpaired) electrons. The molecule has 4 heteroatoms. The zero-order chi connectivity index (χ0) is 7.19. The highest BCUT2D eigenvalue weighted by molar-refractivity contribution is 7.91. The third-order valence-corrected chi connectivity index (χ3v) is 4.12. The van der Waals surface area contributed by atoms with Gasteiger partial charge in [-0.15, -0.1) is 0 Å². The first-order valence-corrected chi connectivity index (χ1v) is 5.54.